The van der Waals surface area contributed by atoms with Gasteiger partial charge in [0.2, 0.25) is 0 Å². The van der Waals surface area contributed by atoms with Gasteiger partial charge in [-0.1, -0.05) is 13.8 Å². The number of phenolic OH excluding ortho intramolecular Hbond substituents is 3. The van der Waals surface area contributed by atoms with E-state index >= 15 is 0 Å². The number of aliphatic imine (C=N–C) groups is 1. The van der Waals surface area contributed by atoms with Crippen LogP contribution >= 0.6 is 0 Å². The van der Waals surface area contributed by atoms with Crippen molar-refractivity contribution < 1.29 is 15.3 Å². The number of benzene rings is 2. The molecular weight excluding hydrogens is 266 g/mol. The van der Waals surface area contributed by atoms with Gasteiger partial charge in [0.05, 0.1) is 5.69 Å². The first-order valence-corrected chi connectivity index (χ1v) is 6.78. The van der Waals surface area contributed by atoms with Crippen LogP contribution in [0.2, 0.25) is 0 Å². The van der Waals surface area contributed by atoms with Gasteiger partial charge < -0.3 is 15.3 Å². The quantitative estimate of drug-likeness (QED) is 0.747. The van der Waals surface area contributed by atoms with Gasteiger partial charge in [0.15, 0.2) is 0 Å². The molecule has 4 heteroatoms. The summed E-state index contributed by atoms with van der Waals surface area (Å²) in [4.78, 5) is 4.37. The van der Waals surface area contributed by atoms with E-state index in [1.54, 1.807) is 12.1 Å². The number of aryl methyl sites for hydroxylation is 1. The fourth-order valence-electron chi connectivity index (χ4n) is 2.08. The zero-order chi connectivity index (χ0) is 15.6. The predicted molar refractivity (Wildman–Crippen MR) is 84.0 cm³/mol. The maximum Gasteiger partial charge on any atom is 0.128 e. The van der Waals surface area contributed by atoms with E-state index in [2.05, 4.69) is 4.99 Å². The average Bonchev–Trinajstić information content (AvgIpc) is 2.39. The van der Waals surface area contributed by atoms with Crippen molar-refractivity contribution in [2.75, 3.05) is 0 Å². The Morgan fingerprint density at radius 2 is 1.71 bits per heavy atom. The minimum atomic E-state index is -0.0285. The summed E-state index contributed by atoms with van der Waals surface area (Å²) in [5.74, 6) is 0.447. The molecule has 0 saturated heterocycles. The zero-order valence-electron chi connectivity index (χ0n) is 12.3. The van der Waals surface area contributed by atoms with Crippen molar-refractivity contribution in [2.24, 2.45) is 4.99 Å². The molecule has 2 rings (SSSR count). The molecule has 0 aromatic heterocycles. The van der Waals surface area contributed by atoms with Gasteiger partial charge >= 0.3 is 0 Å². The Bertz CT molecular complexity index is 691. The van der Waals surface area contributed by atoms with E-state index in [1.807, 2.05) is 26.8 Å². The van der Waals surface area contributed by atoms with Crippen LogP contribution in [0.25, 0.3) is 0 Å². The Balaban J connectivity index is 2.38. The molecule has 0 radical (unpaired) electrons. The Morgan fingerprint density at radius 3 is 2.33 bits per heavy atom. The lowest BCUT2D eigenvalue weighted by Crippen LogP contribution is -1.90. The van der Waals surface area contributed by atoms with Crippen LogP contribution in [-0.4, -0.2) is 21.5 Å². The lowest BCUT2D eigenvalue weighted by Gasteiger charge is -2.11. The molecule has 0 aliphatic heterocycles. The summed E-state index contributed by atoms with van der Waals surface area (Å²) >= 11 is 0. The van der Waals surface area contributed by atoms with E-state index in [0.717, 1.165) is 16.8 Å². The molecule has 0 aliphatic rings. The van der Waals surface area contributed by atoms with Crippen LogP contribution in [0.1, 0.15) is 36.5 Å². The molecule has 0 atom stereocenters. The van der Waals surface area contributed by atoms with E-state index in [9.17, 15) is 15.3 Å². The van der Waals surface area contributed by atoms with Crippen molar-refractivity contribution in [2.45, 2.75) is 26.7 Å². The third kappa shape index (κ3) is 3.34. The van der Waals surface area contributed by atoms with Gasteiger partial charge in [-0.25, -0.2) is 0 Å². The van der Waals surface area contributed by atoms with Gasteiger partial charge in [0.25, 0.3) is 0 Å². The van der Waals surface area contributed by atoms with E-state index < -0.39 is 0 Å². The second-order valence-corrected chi connectivity index (χ2v) is 5.35. The highest BCUT2D eigenvalue weighted by atomic mass is 16.3. The second kappa shape index (κ2) is 5.87. The monoisotopic (exact) mass is 285 g/mol. The largest absolute Gasteiger partial charge is 0.508 e. The molecule has 4 nitrogen and oxygen atoms in total. The second-order valence-electron chi connectivity index (χ2n) is 5.35. The van der Waals surface area contributed by atoms with Crippen molar-refractivity contribution in [3.63, 3.8) is 0 Å². The van der Waals surface area contributed by atoms with E-state index in [-0.39, 0.29) is 23.2 Å². The third-order valence-corrected chi connectivity index (χ3v) is 3.32. The molecule has 0 heterocycles. The fourth-order valence-corrected chi connectivity index (χ4v) is 2.08. The maximum atomic E-state index is 9.93. The van der Waals surface area contributed by atoms with Crippen molar-refractivity contribution in [1.29, 1.82) is 0 Å². The Kier molecular flexibility index (Phi) is 4.17. The summed E-state index contributed by atoms with van der Waals surface area (Å²) in [6, 6.07) is 7.89. The molecule has 3 N–H and O–H groups in total. The van der Waals surface area contributed by atoms with E-state index in [0.29, 0.717) is 5.56 Å². The standard InChI is InChI=1S/C17H19NO3/c1-10(2)14-8-15(11(3)6-17(14)21)18-9-12-4-5-13(19)7-16(12)20/h4-10,19-21H,1-3H3. The molecule has 2 aromatic carbocycles. The van der Waals surface area contributed by atoms with Crippen molar-refractivity contribution >= 4 is 11.9 Å². The summed E-state index contributed by atoms with van der Waals surface area (Å²) in [5.41, 5.74) is 2.95. The van der Waals surface area contributed by atoms with Gasteiger partial charge in [-0.2, -0.15) is 0 Å². The van der Waals surface area contributed by atoms with Gasteiger partial charge in [-0.05, 0) is 48.2 Å². The summed E-state index contributed by atoms with van der Waals surface area (Å²) < 4.78 is 0. The Morgan fingerprint density at radius 1 is 1.00 bits per heavy atom. The summed E-state index contributed by atoms with van der Waals surface area (Å²) in [6.45, 7) is 5.88. The van der Waals surface area contributed by atoms with Crippen LogP contribution in [0.5, 0.6) is 17.2 Å². The minimum absolute atomic E-state index is 0.00700. The first kappa shape index (κ1) is 14.9. The minimum Gasteiger partial charge on any atom is -0.508 e. The first-order valence-electron chi connectivity index (χ1n) is 6.78. The highest BCUT2D eigenvalue weighted by Crippen LogP contribution is 2.32. The van der Waals surface area contributed by atoms with Crippen LogP contribution in [0.3, 0.4) is 0 Å². The van der Waals surface area contributed by atoms with Crippen LogP contribution in [-0.2, 0) is 0 Å². The van der Waals surface area contributed by atoms with Crippen LogP contribution < -0.4 is 0 Å². The summed E-state index contributed by atoms with van der Waals surface area (Å²) in [5, 5.41) is 28.9. The van der Waals surface area contributed by atoms with E-state index in [4.69, 9.17) is 0 Å². The molecule has 0 unspecified atom stereocenters. The summed E-state index contributed by atoms with van der Waals surface area (Å²) in [6.07, 6.45) is 1.54. The SMILES string of the molecule is Cc1cc(O)c(C(C)C)cc1N=Cc1ccc(O)cc1O. The van der Waals surface area contributed by atoms with Gasteiger partial charge in [0.1, 0.15) is 17.2 Å². The maximum absolute atomic E-state index is 9.93. The summed E-state index contributed by atoms with van der Waals surface area (Å²) in [7, 11) is 0. The van der Waals surface area contributed by atoms with Crippen LogP contribution in [0.4, 0.5) is 5.69 Å². The Labute approximate surface area is 124 Å². The molecule has 2 aromatic rings. The van der Waals surface area contributed by atoms with Gasteiger partial charge in [-0.3, -0.25) is 4.99 Å². The topological polar surface area (TPSA) is 73.1 Å². The van der Waals surface area contributed by atoms with Crippen LogP contribution in [0, 0.1) is 6.92 Å². The number of nitrogens with zero attached hydrogens (tertiary/aromatic N) is 1. The fraction of sp³-hybridized carbons (Fsp3) is 0.235. The van der Waals surface area contributed by atoms with Crippen molar-refractivity contribution in [1.82, 2.24) is 0 Å². The average molecular weight is 285 g/mol. The van der Waals surface area contributed by atoms with Gasteiger partial charge in [-0.15, -0.1) is 0 Å². The molecule has 0 aliphatic carbocycles. The molecular formula is C17H19NO3. The third-order valence-electron chi connectivity index (χ3n) is 3.32. The zero-order valence-corrected chi connectivity index (χ0v) is 12.3. The number of rotatable bonds is 3. The number of phenols is 3. The lowest BCUT2D eigenvalue weighted by molar-refractivity contribution is 0.450. The lowest BCUT2D eigenvalue weighted by atomic mass is 9.99. The smallest absolute Gasteiger partial charge is 0.128 e. The molecule has 0 amide bonds. The van der Waals surface area contributed by atoms with Crippen molar-refractivity contribution in [3.8, 4) is 17.2 Å². The first-order chi connectivity index (χ1) is 9.88. The normalized spacial score (nSPS) is 11.4. The highest BCUT2D eigenvalue weighted by Gasteiger charge is 2.09. The number of hydrogen-bond donors (Lipinski definition) is 3. The Hall–Kier alpha value is -2.49. The number of hydrogen-bond acceptors (Lipinski definition) is 4. The molecule has 0 saturated carbocycles. The van der Waals surface area contributed by atoms with Crippen molar-refractivity contribution in [3.05, 3.63) is 47.0 Å². The molecule has 110 valence electrons. The molecule has 0 fully saturated rings. The molecule has 21 heavy (non-hydrogen) atoms. The highest BCUT2D eigenvalue weighted by molar-refractivity contribution is 5.86. The van der Waals surface area contributed by atoms with Gasteiger partial charge in [0, 0.05) is 17.8 Å². The van der Waals surface area contributed by atoms with E-state index in [1.165, 1.54) is 18.3 Å². The predicted octanol–water partition coefficient (Wildman–Crippen LogP) is 3.99. The number of aromatic hydroxyl groups is 3. The molecule has 0 bridgehead atoms. The molecule has 0 spiro atoms. The van der Waals surface area contributed by atoms with Crippen LogP contribution in [0.15, 0.2) is 35.3 Å².